The highest BCUT2D eigenvalue weighted by Gasteiger charge is 2.12. The first-order valence-corrected chi connectivity index (χ1v) is 9.42. The third kappa shape index (κ3) is 3.54. The summed E-state index contributed by atoms with van der Waals surface area (Å²) in [5.74, 6) is 0.416. The minimum absolute atomic E-state index is 0.129. The van der Waals surface area contributed by atoms with Crippen LogP contribution in [0.2, 0.25) is 0 Å². The normalized spacial score (nSPS) is 11.0. The highest BCUT2D eigenvalue weighted by molar-refractivity contribution is 6.05. The van der Waals surface area contributed by atoms with Crippen molar-refractivity contribution in [2.24, 2.45) is 0 Å². The average Bonchev–Trinajstić information content (AvgIpc) is 3.12. The van der Waals surface area contributed by atoms with Crippen LogP contribution in [0.4, 0.5) is 5.69 Å². The zero-order chi connectivity index (χ0) is 19.7. The molecule has 3 aromatic carbocycles. The number of oxazole rings is 1. The lowest BCUT2D eigenvalue weighted by atomic mass is 10.1. The summed E-state index contributed by atoms with van der Waals surface area (Å²) in [6.07, 6.45) is 0.951. The number of anilines is 1. The molecule has 0 aliphatic heterocycles. The quantitative estimate of drug-likeness (QED) is 0.485. The first kappa shape index (κ1) is 18.0. The molecule has 4 aromatic rings. The Hall–Kier alpha value is -3.40. The Morgan fingerprint density at radius 3 is 2.54 bits per heavy atom. The van der Waals surface area contributed by atoms with Crippen molar-refractivity contribution in [3.05, 3.63) is 82.9 Å². The molecule has 140 valence electrons. The predicted molar refractivity (Wildman–Crippen MR) is 113 cm³/mol. The van der Waals surface area contributed by atoms with Gasteiger partial charge in [-0.25, -0.2) is 4.98 Å². The molecule has 0 spiro atoms. The number of hydrogen-bond donors (Lipinski definition) is 1. The molecule has 4 heteroatoms. The molecule has 4 rings (SSSR count). The maximum absolute atomic E-state index is 12.6. The number of hydrogen-bond acceptors (Lipinski definition) is 3. The van der Waals surface area contributed by atoms with Crippen LogP contribution in [-0.4, -0.2) is 10.9 Å². The van der Waals surface area contributed by atoms with E-state index >= 15 is 0 Å². The molecule has 0 radical (unpaired) electrons. The van der Waals surface area contributed by atoms with E-state index in [-0.39, 0.29) is 5.91 Å². The smallest absolute Gasteiger partial charge is 0.255 e. The van der Waals surface area contributed by atoms with Crippen LogP contribution >= 0.6 is 0 Å². The van der Waals surface area contributed by atoms with E-state index < -0.39 is 0 Å². The molecule has 0 atom stereocenters. The van der Waals surface area contributed by atoms with Crippen LogP contribution in [0.15, 0.2) is 65.1 Å². The van der Waals surface area contributed by atoms with E-state index in [9.17, 15) is 4.79 Å². The summed E-state index contributed by atoms with van der Waals surface area (Å²) in [5, 5.41) is 3.01. The number of nitrogens with one attached hydrogen (secondary N) is 1. The Morgan fingerprint density at radius 1 is 1.00 bits per heavy atom. The first-order chi connectivity index (χ1) is 13.5. The molecule has 0 aliphatic rings. The van der Waals surface area contributed by atoms with Gasteiger partial charge >= 0.3 is 0 Å². The van der Waals surface area contributed by atoms with E-state index in [1.54, 1.807) is 0 Å². The lowest BCUT2D eigenvalue weighted by Gasteiger charge is -2.10. The van der Waals surface area contributed by atoms with Crippen LogP contribution in [0.3, 0.4) is 0 Å². The van der Waals surface area contributed by atoms with Crippen molar-refractivity contribution < 1.29 is 9.21 Å². The molecule has 1 aromatic heterocycles. The third-order valence-electron chi connectivity index (χ3n) is 4.90. The van der Waals surface area contributed by atoms with Gasteiger partial charge in [0.1, 0.15) is 5.52 Å². The van der Waals surface area contributed by atoms with Crippen LogP contribution < -0.4 is 5.32 Å². The van der Waals surface area contributed by atoms with E-state index in [2.05, 4.69) is 17.2 Å². The topological polar surface area (TPSA) is 55.1 Å². The molecule has 0 saturated heterocycles. The molecular weight excluding hydrogens is 348 g/mol. The number of aryl methyl sites for hydroxylation is 3. The number of amides is 1. The number of carbonyl (C=O) groups excluding carboxylic acids is 1. The zero-order valence-corrected chi connectivity index (χ0v) is 16.2. The van der Waals surface area contributed by atoms with Crippen LogP contribution in [-0.2, 0) is 6.42 Å². The number of nitrogens with zero attached hydrogens (tertiary/aromatic N) is 1. The molecule has 0 bridgehead atoms. The summed E-state index contributed by atoms with van der Waals surface area (Å²) in [7, 11) is 0. The van der Waals surface area contributed by atoms with Gasteiger partial charge < -0.3 is 9.73 Å². The largest absolute Gasteiger partial charge is 0.436 e. The maximum atomic E-state index is 12.6. The molecule has 4 nitrogen and oxygen atoms in total. The molecule has 1 amide bonds. The van der Waals surface area contributed by atoms with Gasteiger partial charge in [-0.15, -0.1) is 0 Å². The van der Waals surface area contributed by atoms with Crippen molar-refractivity contribution in [1.29, 1.82) is 0 Å². The Balaban J connectivity index is 1.63. The van der Waals surface area contributed by atoms with Crippen LogP contribution in [0.25, 0.3) is 22.6 Å². The minimum atomic E-state index is -0.129. The van der Waals surface area contributed by atoms with Crippen molar-refractivity contribution in [3.63, 3.8) is 0 Å². The minimum Gasteiger partial charge on any atom is -0.436 e. The number of aromatic nitrogens is 1. The molecule has 1 heterocycles. The van der Waals surface area contributed by atoms with Crippen molar-refractivity contribution in [2.45, 2.75) is 27.2 Å². The molecule has 0 saturated carbocycles. The highest BCUT2D eigenvalue weighted by atomic mass is 16.3. The fourth-order valence-electron chi connectivity index (χ4n) is 3.13. The number of carbonyl (C=O) groups is 1. The van der Waals surface area contributed by atoms with E-state index in [0.29, 0.717) is 11.5 Å². The highest BCUT2D eigenvalue weighted by Crippen LogP contribution is 2.28. The van der Waals surface area contributed by atoms with Gasteiger partial charge in [-0.2, -0.15) is 0 Å². The molecule has 0 fully saturated rings. The first-order valence-electron chi connectivity index (χ1n) is 9.42. The van der Waals surface area contributed by atoms with Crippen molar-refractivity contribution in [1.82, 2.24) is 4.98 Å². The van der Waals surface area contributed by atoms with E-state index in [4.69, 9.17) is 4.42 Å². The summed E-state index contributed by atoms with van der Waals surface area (Å²) < 4.78 is 5.92. The summed E-state index contributed by atoms with van der Waals surface area (Å²) >= 11 is 0. The Labute approximate surface area is 164 Å². The fourth-order valence-corrected chi connectivity index (χ4v) is 3.13. The van der Waals surface area contributed by atoms with E-state index in [1.165, 1.54) is 5.56 Å². The van der Waals surface area contributed by atoms with Crippen molar-refractivity contribution in [3.8, 4) is 11.5 Å². The molecule has 28 heavy (non-hydrogen) atoms. The van der Waals surface area contributed by atoms with Gasteiger partial charge in [0.15, 0.2) is 5.58 Å². The summed E-state index contributed by atoms with van der Waals surface area (Å²) in [4.78, 5) is 17.2. The standard InChI is InChI=1S/C24H22N2O2/c1-4-17-7-10-18(11-8-17)23(27)25-21-14-19(9-6-16(21)3)24-26-20-12-5-15(2)13-22(20)28-24/h5-14H,4H2,1-3H3,(H,25,27). The van der Waals surface area contributed by atoms with Gasteiger partial charge in [0.05, 0.1) is 0 Å². The fraction of sp³-hybridized carbons (Fsp3) is 0.167. The monoisotopic (exact) mass is 370 g/mol. The summed E-state index contributed by atoms with van der Waals surface area (Å²) in [6.45, 7) is 6.08. The van der Waals surface area contributed by atoms with E-state index in [0.717, 1.165) is 39.9 Å². The van der Waals surface area contributed by atoms with Gasteiger partial charge in [-0.3, -0.25) is 4.79 Å². The molecular formula is C24H22N2O2. The van der Waals surface area contributed by atoms with Crippen LogP contribution in [0.1, 0.15) is 34.0 Å². The maximum Gasteiger partial charge on any atom is 0.255 e. The summed E-state index contributed by atoms with van der Waals surface area (Å²) in [6, 6.07) is 19.5. The second-order valence-corrected chi connectivity index (χ2v) is 7.02. The SMILES string of the molecule is CCc1ccc(C(=O)Nc2cc(-c3nc4ccc(C)cc4o3)ccc2C)cc1. The van der Waals surface area contributed by atoms with Gasteiger partial charge in [0, 0.05) is 16.8 Å². The Bertz CT molecular complexity index is 1160. The number of fused-ring (bicyclic) bond motifs is 1. The van der Waals surface area contributed by atoms with Crippen LogP contribution in [0, 0.1) is 13.8 Å². The predicted octanol–water partition coefficient (Wildman–Crippen LogP) is 5.93. The summed E-state index contributed by atoms with van der Waals surface area (Å²) in [5.41, 5.74) is 7.12. The lowest BCUT2D eigenvalue weighted by Crippen LogP contribution is -2.12. The zero-order valence-electron chi connectivity index (χ0n) is 16.2. The molecule has 0 aliphatic carbocycles. The van der Waals surface area contributed by atoms with E-state index in [1.807, 2.05) is 74.5 Å². The van der Waals surface area contributed by atoms with Crippen LogP contribution in [0.5, 0.6) is 0 Å². The van der Waals surface area contributed by atoms with Crippen molar-refractivity contribution >= 4 is 22.7 Å². The molecule has 1 N–H and O–H groups in total. The second-order valence-electron chi connectivity index (χ2n) is 7.02. The lowest BCUT2D eigenvalue weighted by molar-refractivity contribution is 0.102. The van der Waals surface area contributed by atoms with Gasteiger partial charge in [0.2, 0.25) is 5.89 Å². The third-order valence-corrected chi connectivity index (χ3v) is 4.90. The van der Waals surface area contributed by atoms with Gasteiger partial charge in [-0.1, -0.05) is 31.2 Å². The van der Waals surface area contributed by atoms with Crippen molar-refractivity contribution in [2.75, 3.05) is 5.32 Å². The Kier molecular flexibility index (Phi) is 4.70. The Morgan fingerprint density at radius 2 is 1.79 bits per heavy atom. The van der Waals surface area contributed by atoms with Gasteiger partial charge in [0.25, 0.3) is 5.91 Å². The average molecular weight is 370 g/mol. The molecule has 0 unspecified atom stereocenters. The second kappa shape index (κ2) is 7.31. The number of rotatable bonds is 4. The van der Waals surface area contributed by atoms with Gasteiger partial charge in [-0.05, 0) is 73.4 Å². The number of benzene rings is 3.